The molecular weight excluding hydrogens is 510 g/mol. The number of aliphatic imine (C=N–C) groups is 1. The molecule has 2 unspecified atom stereocenters. The minimum Gasteiger partial charge on any atom is -0.350 e. The van der Waals surface area contributed by atoms with Gasteiger partial charge in [-0.25, -0.2) is 4.99 Å². The number of nitrogens with zero attached hydrogens (tertiary/aromatic N) is 1. The maximum atomic E-state index is 5.19. The zero-order valence-electron chi connectivity index (χ0n) is 24.8. The number of nitrogens with one attached hydrogen (secondary N) is 2. The van der Waals surface area contributed by atoms with Crippen LogP contribution in [0.25, 0.3) is 22.3 Å². The molecule has 0 saturated carbocycles. The van der Waals surface area contributed by atoms with Crippen LogP contribution < -0.4 is 10.6 Å². The molecule has 0 saturated heterocycles. The highest BCUT2D eigenvalue weighted by molar-refractivity contribution is 6.00. The third-order valence-electron chi connectivity index (χ3n) is 10.0. The Morgan fingerprint density at radius 1 is 0.714 bits per heavy atom. The van der Waals surface area contributed by atoms with Crippen molar-refractivity contribution in [3.63, 3.8) is 0 Å². The minimum absolute atomic E-state index is 0.0195. The van der Waals surface area contributed by atoms with Crippen molar-refractivity contribution in [2.24, 2.45) is 4.99 Å². The second-order valence-corrected chi connectivity index (χ2v) is 13.2. The van der Waals surface area contributed by atoms with Crippen molar-refractivity contribution in [1.82, 2.24) is 10.6 Å². The summed E-state index contributed by atoms with van der Waals surface area (Å²) in [6.45, 7) is 9.55. The first-order chi connectivity index (χ1) is 20.3. The highest BCUT2D eigenvalue weighted by atomic mass is 15.3. The molecule has 4 aromatic rings. The average Bonchev–Trinajstić information content (AvgIpc) is 3.40. The zero-order valence-corrected chi connectivity index (χ0v) is 24.8. The Morgan fingerprint density at radius 3 is 2.21 bits per heavy atom. The summed E-state index contributed by atoms with van der Waals surface area (Å²) in [4.78, 5) is 5.19. The summed E-state index contributed by atoms with van der Waals surface area (Å²) < 4.78 is 0. The van der Waals surface area contributed by atoms with Crippen molar-refractivity contribution in [3.8, 4) is 22.3 Å². The van der Waals surface area contributed by atoms with E-state index < -0.39 is 0 Å². The highest BCUT2D eigenvalue weighted by Gasteiger charge is 2.43. The standard InChI is InChI=1S/C39H37N3/c1-38(2)31-21-12-11-18-26(31)29-22-33-30(23-32(29)38)27-19-13-20-28(34(27)39(33,3)4)37-41-35(24-14-7-5-8-15-24)40-36(42-37)25-16-9-6-10-17-25/h5-9,11-16,18-23,36-37,42H,10,17H2,1-4H3,(H,40,41). The quantitative estimate of drug-likeness (QED) is 0.270. The number of rotatable bonds is 3. The van der Waals surface area contributed by atoms with E-state index in [1.807, 2.05) is 0 Å². The minimum atomic E-state index is -0.148. The summed E-state index contributed by atoms with van der Waals surface area (Å²) in [6.07, 6.45) is 8.61. The van der Waals surface area contributed by atoms with E-state index in [4.69, 9.17) is 4.99 Å². The first-order valence-electron chi connectivity index (χ1n) is 15.3. The number of hydrogen-bond acceptors (Lipinski definition) is 3. The normalized spacial score (nSPS) is 22.3. The van der Waals surface area contributed by atoms with E-state index >= 15 is 0 Å². The fraction of sp³-hybridized carbons (Fsp3) is 0.256. The van der Waals surface area contributed by atoms with Crippen LogP contribution >= 0.6 is 0 Å². The molecule has 0 fully saturated rings. The zero-order chi connectivity index (χ0) is 28.6. The molecule has 2 N–H and O–H groups in total. The van der Waals surface area contributed by atoms with Gasteiger partial charge in [-0.15, -0.1) is 0 Å². The Kier molecular flexibility index (Phi) is 5.55. The maximum Gasteiger partial charge on any atom is 0.131 e. The summed E-state index contributed by atoms with van der Waals surface area (Å²) in [5.74, 6) is 0.947. The van der Waals surface area contributed by atoms with Crippen molar-refractivity contribution >= 4 is 5.84 Å². The second kappa shape index (κ2) is 9.14. The Morgan fingerprint density at radius 2 is 1.43 bits per heavy atom. The molecule has 0 bridgehead atoms. The van der Waals surface area contributed by atoms with Crippen LogP contribution in [0.4, 0.5) is 0 Å². The van der Waals surface area contributed by atoms with Crippen LogP contribution in [0, 0.1) is 0 Å². The van der Waals surface area contributed by atoms with Crippen molar-refractivity contribution in [1.29, 1.82) is 0 Å². The Hall–Kier alpha value is -4.21. The van der Waals surface area contributed by atoms with Gasteiger partial charge in [-0.2, -0.15) is 0 Å². The van der Waals surface area contributed by atoms with E-state index in [0.29, 0.717) is 0 Å². The van der Waals surface area contributed by atoms with Gasteiger partial charge >= 0.3 is 0 Å². The van der Waals surface area contributed by atoms with Gasteiger partial charge in [0.05, 0.1) is 0 Å². The van der Waals surface area contributed by atoms with E-state index in [0.717, 1.165) is 24.2 Å². The fourth-order valence-corrected chi connectivity index (χ4v) is 7.86. The van der Waals surface area contributed by atoms with Gasteiger partial charge in [0.1, 0.15) is 18.2 Å². The summed E-state index contributed by atoms with van der Waals surface area (Å²) in [6, 6.07) is 31.4. The Bertz CT molecular complexity index is 1840. The van der Waals surface area contributed by atoms with Crippen LogP contribution in [0.1, 0.15) is 80.1 Å². The topological polar surface area (TPSA) is 36.4 Å². The molecule has 0 aromatic heterocycles. The van der Waals surface area contributed by atoms with Gasteiger partial charge in [0.2, 0.25) is 0 Å². The number of benzene rings is 4. The van der Waals surface area contributed by atoms with Gasteiger partial charge in [0.25, 0.3) is 0 Å². The second-order valence-electron chi connectivity index (χ2n) is 13.2. The molecular formula is C39H37N3. The molecule has 2 atom stereocenters. The highest BCUT2D eigenvalue weighted by Crippen LogP contribution is 2.57. The van der Waals surface area contributed by atoms with Gasteiger partial charge < -0.3 is 5.32 Å². The van der Waals surface area contributed by atoms with Gasteiger partial charge in [-0.1, -0.05) is 119 Å². The van der Waals surface area contributed by atoms with Crippen LogP contribution in [0.3, 0.4) is 0 Å². The largest absolute Gasteiger partial charge is 0.350 e. The Labute approximate surface area is 249 Å². The number of amidine groups is 1. The van der Waals surface area contributed by atoms with Gasteiger partial charge in [0.15, 0.2) is 0 Å². The molecule has 3 aliphatic carbocycles. The molecule has 3 heteroatoms. The maximum absolute atomic E-state index is 5.19. The molecule has 8 rings (SSSR count). The lowest BCUT2D eigenvalue weighted by molar-refractivity contribution is 0.419. The van der Waals surface area contributed by atoms with E-state index in [-0.39, 0.29) is 23.2 Å². The Balaban J connectivity index is 1.26. The van der Waals surface area contributed by atoms with Crippen molar-refractivity contribution < 1.29 is 0 Å². The van der Waals surface area contributed by atoms with Crippen LogP contribution in [0.5, 0.6) is 0 Å². The summed E-state index contributed by atoms with van der Waals surface area (Å²) in [5.41, 5.74) is 14.8. The smallest absolute Gasteiger partial charge is 0.131 e. The van der Waals surface area contributed by atoms with Crippen LogP contribution in [-0.2, 0) is 10.8 Å². The predicted octanol–water partition coefficient (Wildman–Crippen LogP) is 8.54. The molecule has 1 heterocycles. The lowest BCUT2D eigenvalue weighted by Crippen LogP contribution is -2.49. The number of hydrogen-bond donors (Lipinski definition) is 2. The molecule has 1 aliphatic heterocycles. The summed E-state index contributed by atoms with van der Waals surface area (Å²) in [7, 11) is 0. The van der Waals surface area contributed by atoms with Gasteiger partial charge in [-0.05, 0) is 80.6 Å². The van der Waals surface area contributed by atoms with Crippen LogP contribution in [0.2, 0.25) is 0 Å². The average molecular weight is 548 g/mol. The van der Waals surface area contributed by atoms with Crippen molar-refractivity contribution in [2.45, 2.75) is 63.7 Å². The monoisotopic (exact) mass is 547 g/mol. The fourth-order valence-electron chi connectivity index (χ4n) is 7.86. The lowest BCUT2D eigenvalue weighted by atomic mass is 9.78. The molecule has 0 amide bonds. The van der Waals surface area contributed by atoms with Crippen molar-refractivity contribution in [2.75, 3.05) is 0 Å². The molecule has 3 nitrogen and oxygen atoms in total. The SMILES string of the molecule is CC1(C)c2ccccc2-c2cc3c(cc21)-c1cccc(C2NC(c4ccccc4)=NC(C4=CC=CCC4)N2)c1C3(C)C. The van der Waals surface area contributed by atoms with E-state index in [1.54, 1.807) is 0 Å². The lowest BCUT2D eigenvalue weighted by Gasteiger charge is -2.36. The molecule has 0 radical (unpaired) electrons. The molecule has 208 valence electrons. The summed E-state index contributed by atoms with van der Waals surface area (Å²) in [5, 5.41) is 7.72. The summed E-state index contributed by atoms with van der Waals surface area (Å²) >= 11 is 0. The molecule has 0 spiro atoms. The first kappa shape index (κ1) is 25.5. The van der Waals surface area contributed by atoms with Gasteiger partial charge in [-0.3, -0.25) is 5.32 Å². The molecule has 4 aromatic carbocycles. The predicted molar refractivity (Wildman–Crippen MR) is 174 cm³/mol. The van der Waals surface area contributed by atoms with E-state index in [2.05, 4.69) is 141 Å². The van der Waals surface area contributed by atoms with Gasteiger partial charge in [0, 0.05) is 16.4 Å². The third-order valence-corrected chi connectivity index (χ3v) is 10.0. The number of fused-ring (bicyclic) bond motifs is 6. The van der Waals surface area contributed by atoms with E-state index in [9.17, 15) is 0 Å². The molecule has 42 heavy (non-hydrogen) atoms. The van der Waals surface area contributed by atoms with E-state index in [1.165, 1.54) is 55.6 Å². The van der Waals surface area contributed by atoms with Crippen LogP contribution in [-0.4, -0.2) is 12.0 Å². The van der Waals surface area contributed by atoms with Crippen LogP contribution in [0.15, 0.2) is 114 Å². The molecule has 4 aliphatic rings. The van der Waals surface area contributed by atoms with Crippen molar-refractivity contribution in [3.05, 3.63) is 142 Å². The first-order valence-corrected chi connectivity index (χ1v) is 15.3. The third kappa shape index (κ3) is 3.66. The number of allylic oxidation sites excluding steroid dienone is 3.